The van der Waals surface area contributed by atoms with Crippen LogP contribution >= 0.6 is 11.8 Å². The zero-order chi connectivity index (χ0) is 26.2. The quantitative estimate of drug-likeness (QED) is 0.200. The summed E-state index contributed by atoms with van der Waals surface area (Å²) in [6.07, 6.45) is 0. The molecule has 0 radical (unpaired) electrons. The summed E-state index contributed by atoms with van der Waals surface area (Å²) in [6, 6.07) is 36.5. The third kappa shape index (κ3) is 5.71. The summed E-state index contributed by atoms with van der Waals surface area (Å²) >= 11 is 1.34. The van der Waals surface area contributed by atoms with Gasteiger partial charge < -0.3 is 9.47 Å². The number of hydrogen-bond acceptors (Lipinski definition) is 6. The second kappa shape index (κ2) is 12.1. The van der Waals surface area contributed by atoms with E-state index in [1.165, 1.54) is 11.8 Å². The van der Waals surface area contributed by atoms with Crippen molar-refractivity contribution in [2.75, 3.05) is 17.8 Å². The fraction of sp³-hybridized carbons (Fsp3) is 0.100. The Bertz CT molecular complexity index is 1440. The summed E-state index contributed by atoms with van der Waals surface area (Å²) in [7, 11) is 1.61. The van der Waals surface area contributed by atoms with Crippen molar-refractivity contribution in [3.8, 4) is 17.2 Å². The van der Waals surface area contributed by atoms with Crippen LogP contribution in [0, 0.1) is 0 Å². The molecule has 5 rings (SSSR count). The summed E-state index contributed by atoms with van der Waals surface area (Å²) in [5.74, 6) is 1.97. The van der Waals surface area contributed by atoms with Crippen molar-refractivity contribution in [3.63, 3.8) is 0 Å². The molecule has 1 heterocycles. The molecule has 0 N–H and O–H groups in total. The normalized spacial score (nSPS) is 10.7. The molecule has 1 amide bonds. The number of ether oxygens (including phenoxy) is 2. The number of hydrogen-bond donors (Lipinski definition) is 0. The number of thioether (sulfide) groups is 1. The van der Waals surface area contributed by atoms with Crippen LogP contribution in [0.2, 0.25) is 0 Å². The number of methoxy groups -OCH3 is 1. The Kier molecular flexibility index (Phi) is 8.01. The van der Waals surface area contributed by atoms with E-state index in [9.17, 15) is 4.79 Å². The Morgan fingerprint density at radius 3 is 1.92 bits per heavy atom. The first kappa shape index (κ1) is 25.1. The van der Waals surface area contributed by atoms with Gasteiger partial charge in [0.25, 0.3) is 0 Å². The van der Waals surface area contributed by atoms with E-state index in [1.807, 2.05) is 120 Å². The van der Waals surface area contributed by atoms with E-state index in [1.54, 1.807) is 12.0 Å². The van der Waals surface area contributed by atoms with Crippen molar-refractivity contribution in [1.82, 2.24) is 14.8 Å². The predicted molar refractivity (Wildman–Crippen MR) is 149 cm³/mol. The summed E-state index contributed by atoms with van der Waals surface area (Å²) in [4.78, 5) is 15.3. The third-order valence-electron chi connectivity index (χ3n) is 5.74. The smallest absolute Gasteiger partial charge is 0.242 e. The highest BCUT2D eigenvalue weighted by Crippen LogP contribution is 2.30. The van der Waals surface area contributed by atoms with E-state index in [0.717, 1.165) is 17.1 Å². The van der Waals surface area contributed by atoms with Crippen LogP contribution in [0.15, 0.2) is 120 Å². The Morgan fingerprint density at radius 1 is 0.763 bits per heavy atom. The van der Waals surface area contributed by atoms with E-state index >= 15 is 0 Å². The van der Waals surface area contributed by atoms with E-state index in [-0.39, 0.29) is 18.3 Å². The monoisotopic (exact) mass is 522 g/mol. The van der Waals surface area contributed by atoms with Gasteiger partial charge in [-0.3, -0.25) is 14.3 Å². The number of benzene rings is 4. The van der Waals surface area contributed by atoms with Crippen molar-refractivity contribution in [2.24, 2.45) is 0 Å². The van der Waals surface area contributed by atoms with Gasteiger partial charge in [-0.2, -0.15) is 0 Å². The predicted octanol–water partition coefficient (Wildman–Crippen LogP) is 6.31. The maximum absolute atomic E-state index is 13.6. The molecular formula is C30H26N4O3S. The topological polar surface area (TPSA) is 69.5 Å². The highest BCUT2D eigenvalue weighted by atomic mass is 32.2. The van der Waals surface area contributed by atoms with Crippen LogP contribution in [0.4, 0.5) is 11.4 Å². The Labute approximate surface area is 225 Å². The fourth-order valence-electron chi connectivity index (χ4n) is 3.99. The number of para-hydroxylation sites is 5. The maximum Gasteiger partial charge on any atom is 0.242 e. The van der Waals surface area contributed by atoms with Crippen molar-refractivity contribution in [3.05, 3.63) is 121 Å². The molecule has 0 saturated heterocycles. The largest absolute Gasteiger partial charge is 0.493 e. The van der Waals surface area contributed by atoms with E-state index in [2.05, 4.69) is 10.2 Å². The van der Waals surface area contributed by atoms with Gasteiger partial charge in [0.2, 0.25) is 5.91 Å². The number of amides is 1. The van der Waals surface area contributed by atoms with Gasteiger partial charge in [0.15, 0.2) is 22.5 Å². The van der Waals surface area contributed by atoms with Crippen molar-refractivity contribution in [2.45, 2.75) is 11.8 Å². The molecule has 8 heteroatoms. The minimum Gasteiger partial charge on any atom is -0.493 e. The standard InChI is InChI=1S/C30H26N4O3S/c1-36-26-19-11-12-20-27(26)37-21-28-31-32-30(34(28)25-17-9-4-10-18-25)38-22-29(35)33(23-13-5-2-6-14-23)24-15-7-3-8-16-24/h2-20H,21-22H2,1H3. The Hall–Kier alpha value is -4.56. The van der Waals surface area contributed by atoms with Gasteiger partial charge in [-0.05, 0) is 48.5 Å². The average Bonchev–Trinajstić information content (AvgIpc) is 3.39. The molecule has 0 spiro atoms. The van der Waals surface area contributed by atoms with Gasteiger partial charge in [0, 0.05) is 17.1 Å². The molecule has 1 aromatic heterocycles. The third-order valence-corrected chi connectivity index (χ3v) is 6.66. The first-order chi connectivity index (χ1) is 18.7. The molecule has 0 fully saturated rings. The second-order valence-electron chi connectivity index (χ2n) is 8.20. The Morgan fingerprint density at radius 2 is 1.32 bits per heavy atom. The number of rotatable bonds is 10. The summed E-state index contributed by atoms with van der Waals surface area (Å²) in [5.41, 5.74) is 2.49. The number of anilines is 2. The van der Waals surface area contributed by atoms with E-state index in [4.69, 9.17) is 9.47 Å². The number of nitrogens with zero attached hydrogens (tertiary/aromatic N) is 4. The SMILES string of the molecule is COc1ccccc1OCc1nnc(SCC(=O)N(c2ccccc2)c2ccccc2)n1-c1ccccc1. The van der Waals surface area contributed by atoms with Crippen LogP contribution in [0.3, 0.4) is 0 Å². The molecule has 0 saturated carbocycles. The van der Waals surface area contributed by atoms with Crippen LogP contribution in [0.25, 0.3) is 5.69 Å². The molecule has 0 atom stereocenters. The molecule has 0 bridgehead atoms. The lowest BCUT2D eigenvalue weighted by Gasteiger charge is -2.23. The molecule has 0 aliphatic carbocycles. The summed E-state index contributed by atoms with van der Waals surface area (Å²) in [5, 5.41) is 9.42. The molecule has 190 valence electrons. The van der Waals surface area contributed by atoms with Gasteiger partial charge >= 0.3 is 0 Å². The summed E-state index contributed by atoms with van der Waals surface area (Å²) < 4.78 is 13.4. The second-order valence-corrected chi connectivity index (χ2v) is 9.14. The van der Waals surface area contributed by atoms with Crippen molar-refractivity contribution < 1.29 is 14.3 Å². The molecular weight excluding hydrogens is 496 g/mol. The molecule has 5 aromatic rings. The van der Waals surface area contributed by atoms with Crippen LogP contribution in [0.1, 0.15) is 5.82 Å². The molecule has 7 nitrogen and oxygen atoms in total. The zero-order valence-electron chi connectivity index (χ0n) is 20.8. The highest BCUT2D eigenvalue weighted by Gasteiger charge is 2.21. The van der Waals surface area contributed by atoms with Crippen molar-refractivity contribution >= 4 is 29.0 Å². The van der Waals surface area contributed by atoms with Crippen LogP contribution < -0.4 is 14.4 Å². The number of carbonyl (C=O) groups is 1. The summed E-state index contributed by atoms with van der Waals surface area (Å²) in [6.45, 7) is 0.178. The molecule has 0 aliphatic heterocycles. The fourth-order valence-corrected chi connectivity index (χ4v) is 4.81. The lowest BCUT2D eigenvalue weighted by Crippen LogP contribution is -2.27. The van der Waals surface area contributed by atoms with Gasteiger partial charge in [-0.15, -0.1) is 10.2 Å². The first-order valence-corrected chi connectivity index (χ1v) is 13.0. The lowest BCUT2D eigenvalue weighted by molar-refractivity contribution is -0.115. The molecule has 0 unspecified atom stereocenters. The molecule has 0 aliphatic rings. The Balaban J connectivity index is 1.40. The van der Waals surface area contributed by atoms with Crippen LogP contribution in [-0.4, -0.2) is 33.5 Å². The molecule has 38 heavy (non-hydrogen) atoms. The average molecular weight is 523 g/mol. The van der Waals surface area contributed by atoms with E-state index in [0.29, 0.717) is 22.5 Å². The van der Waals surface area contributed by atoms with Crippen LogP contribution in [0.5, 0.6) is 11.5 Å². The van der Waals surface area contributed by atoms with Gasteiger partial charge in [0.05, 0.1) is 12.9 Å². The maximum atomic E-state index is 13.6. The van der Waals surface area contributed by atoms with Gasteiger partial charge in [-0.1, -0.05) is 78.5 Å². The van der Waals surface area contributed by atoms with Crippen molar-refractivity contribution in [1.29, 1.82) is 0 Å². The van der Waals surface area contributed by atoms with E-state index < -0.39 is 0 Å². The first-order valence-electron chi connectivity index (χ1n) is 12.1. The minimum absolute atomic E-state index is 0.0677. The zero-order valence-corrected chi connectivity index (χ0v) is 21.6. The van der Waals surface area contributed by atoms with Gasteiger partial charge in [0.1, 0.15) is 6.61 Å². The molecule has 4 aromatic carbocycles. The number of carbonyl (C=O) groups excluding carboxylic acids is 1. The lowest BCUT2D eigenvalue weighted by atomic mass is 10.2. The van der Waals surface area contributed by atoms with Crippen LogP contribution in [-0.2, 0) is 11.4 Å². The van der Waals surface area contributed by atoms with Gasteiger partial charge in [-0.25, -0.2) is 0 Å². The highest BCUT2D eigenvalue weighted by molar-refractivity contribution is 7.99. The minimum atomic E-state index is -0.0677. The number of aromatic nitrogens is 3.